The summed E-state index contributed by atoms with van der Waals surface area (Å²) in [5, 5.41) is -0.227. The standard InChI is InChI=1S/C9H9ClFNO2/c10-9-6(5-13)8(14-4-3-12)2-1-7(9)11/h1-2,5H,3-4,12H2. The molecule has 0 saturated carbocycles. The second kappa shape index (κ2) is 4.93. The smallest absolute Gasteiger partial charge is 0.155 e. The maximum absolute atomic E-state index is 12.9. The van der Waals surface area contributed by atoms with E-state index in [2.05, 4.69) is 0 Å². The predicted octanol–water partition coefficient (Wildman–Crippen LogP) is 1.63. The van der Waals surface area contributed by atoms with Gasteiger partial charge in [-0.1, -0.05) is 11.6 Å². The average molecular weight is 218 g/mol. The van der Waals surface area contributed by atoms with E-state index in [1.165, 1.54) is 6.07 Å². The molecule has 0 bridgehead atoms. The molecule has 0 unspecified atom stereocenters. The van der Waals surface area contributed by atoms with Gasteiger partial charge in [-0.25, -0.2) is 4.39 Å². The van der Waals surface area contributed by atoms with Crippen LogP contribution in [0.4, 0.5) is 4.39 Å². The molecule has 0 aliphatic heterocycles. The number of benzene rings is 1. The molecule has 1 aromatic rings. The number of rotatable bonds is 4. The fourth-order valence-corrected chi connectivity index (χ4v) is 1.15. The molecule has 0 saturated heterocycles. The molecule has 0 fully saturated rings. The lowest BCUT2D eigenvalue weighted by molar-refractivity contribution is 0.111. The molecule has 0 aliphatic rings. The maximum atomic E-state index is 12.9. The number of aldehydes is 1. The van der Waals surface area contributed by atoms with Crippen LogP contribution in [0.1, 0.15) is 10.4 Å². The minimum absolute atomic E-state index is 0.0140. The zero-order chi connectivity index (χ0) is 10.6. The zero-order valence-electron chi connectivity index (χ0n) is 7.30. The first-order chi connectivity index (χ1) is 6.70. The molecule has 0 radical (unpaired) electrons. The number of ether oxygens (including phenoxy) is 1. The van der Waals surface area contributed by atoms with Crippen LogP contribution < -0.4 is 10.5 Å². The van der Waals surface area contributed by atoms with Crippen LogP contribution in [0.5, 0.6) is 5.75 Å². The summed E-state index contributed by atoms with van der Waals surface area (Å²) >= 11 is 5.56. The van der Waals surface area contributed by atoms with Crippen molar-refractivity contribution in [1.29, 1.82) is 0 Å². The molecule has 3 nitrogen and oxygen atoms in total. The quantitative estimate of drug-likeness (QED) is 0.780. The highest BCUT2D eigenvalue weighted by molar-refractivity contribution is 6.33. The molecular weight excluding hydrogens is 209 g/mol. The van der Waals surface area contributed by atoms with Crippen molar-refractivity contribution in [3.8, 4) is 5.75 Å². The van der Waals surface area contributed by atoms with Crippen molar-refractivity contribution in [3.63, 3.8) is 0 Å². The predicted molar refractivity (Wildman–Crippen MR) is 51.3 cm³/mol. The molecule has 0 spiro atoms. The Labute approximate surface area is 85.6 Å². The van der Waals surface area contributed by atoms with Crippen molar-refractivity contribution < 1.29 is 13.9 Å². The summed E-state index contributed by atoms with van der Waals surface area (Å²) < 4.78 is 18.0. The second-order valence-corrected chi connectivity index (χ2v) is 2.91. The van der Waals surface area contributed by atoms with E-state index in [1.54, 1.807) is 0 Å². The summed E-state index contributed by atoms with van der Waals surface area (Å²) in [6, 6.07) is 2.49. The summed E-state index contributed by atoms with van der Waals surface area (Å²) in [5.41, 5.74) is 5.23. The molecular formula is C9H9ClFNO2. The molecule has 0 aliphatic carbocycles. The van der Waals surface area contributed by atoms with Crippen LogP contribution in [0.2, 0.25) is 5.02 Å². The fourth-order valence-electron chi connectivity index (χ4n) is 0.953. The molecule has 0 aromatic heterocycles. The van der Waals surface area contributed by atoms with Crippen molar-refractivity contribution in [2.45, 2.75) is 0 Å². The summed E-state index contributed by atoms with van der Waals surface area (Å²) in [6.07, 6.45) is 0.456. The van der Waals surface area contributed by atoms with Crippen molar-refractivity contribution in [2.24, 2.45) is 5.73 Å². The molecule has 0 heterocycles. The highest BCUT2D eigenvalue weighted by atomic mass is 35.5. The van der Waals surface area contributed by atoms with Crippen LogP contribution in [0.15, 0.2) is 12.1 Å². The number of hydrogen-bond donors (Lipinski definition) is 1. The van der Waals surface area contributed by atoms with Gasteiger partial charge in [-0.05, 0) is 12.1 Å². The normalized spacial score (nSPS) is 9.93. The Balaban J connectivity index is 3.04. The van der Waals surface area contributed by atoms with Gasteiger partial charge < -0.3 is 10.5 Å². The largest absolute Gasteiger partial charge is 0.491 e. The van der Waals surface area contributed by atoms with Gasteiger partial charge in [0.1, 0.15) is 18.2 Å². The molecule has 5 heteroatoms. The van der Waals surface area contributed by atoms with Gasteiger partial charge in [-0.2, -0.15) is 0 Å². The van der Waals surface area contributed by atoms with E-state index in [9.17, 15) is 9.18 Å². The van der Waals surface area contributed by atoms with Gasteiger partial charge in [0.25, 0.3) is 0 Å². The lowest BCUT2D eigenvalue weighted by Gasteiger charge is -2.08. The minimum atomic E-state index is -0.645. The lowest BCUT2D eigenvalue weighted by atomic mass is 10.2. The number of nitrogens with two attached hydrogens (primary N) is 1. The number of carbonyl (C=O) groups is 1. The van der Waals surface area contributed by atoms with E-state index >= 15 is 0 Å². The monoisotopic (exact) mass is 217 g/mol. The van der Waals surface area contributed by atoms with Gasteiger partial charge in [-0.3, -0.25) is 4.79 Å². The maximum Gasteiger partial charge on any atom is 0.155 e. The van der Waals surface area contributed by atoms with Gasteiger partial charge in [0.05, 0.1) is 10.6 Å². The molecule has 1 aromatic carbocycles. The third-order valence-corrected chi connectivity index (χ3v) is 1.97. The lowest BCUT2D eigenvalue weighted by Crippen LogP contribution is -2.11. The van der Waals surface area contributed by atoms with Gasteiger partial charge >= 0.3 is 0 Å². The molecule has 0 atom stereocenters. The first kappa shape index (κ1) is 10.9. The van der Waals surface area contributed by atoms with Crippen molar-refractivity contribution in [1.82, 2.24) is 0 Å². The SMILES string of the molecule is NCCOc1ccc(F)c(Cl)c1C=O. The van der Waals surface area contributed by atoms with Gasteiger partial charge in [-0.15, -0.1) is 0 Å². The van der Waals surface area contributed by atoms with E-state index in [4.69, 9.17) is 22.1 Å². The van der Waals surface area contributed by atoms with Gasteiger partial charge in [0.2, 0.25) is 0 Å². The first-order valence-corrected chi connectivity index (χ1v) is 4.34. The third kappa shape index (κ3) is 2.21. The summed E-state index contributed by atoms with van der Waals surface area (Å²) in [5.74, 6) is -0.397. The van der Waals surface area contributed by atoms with Crippen molar-refractivity contribution >= 4 is 17.9 Å². The Kier molecular flexibility index (Phi) is 3.85. The topological polar surface area (TPSA) is 52.3 Å². The van der Waals surface area contributed by atoms with E-state index in [1.807, 2.05) is 0 Å². The third-order valence-electron chi connectivity index (χ3n) is 1.59. The Morgan fingerprint density at radius 3 is 2.86 bits per heavy atom. The average Bonchev–Trinajstić information content (AvgIpc) is 2.20. The van der Waals surface area contributed by atoms with Crippen molar-refractivity contribution in [3.05, 3.63) is 28.5 Å². The molecule has 14 heavy (non-hydrogen) atoms. The Hall–Kier alpha value is -1.13. The van der Waals surface area contributed by atoms with Gasteiger partial charge in [0.15, 0.2) is 6.29 Å². The van der Waals surface area contributed by atoms with E-state index in [0.717, 1.165) is 6.07 Å². The zero-order valence-corrected chi connectivity index (χ0v) is 8.05. The highest BCUT2D eigenvalue weighted by Crippen LogP contribution is 2.27. The number of halogens is 2. The van der Waals surface area contributed by atoms with Gasteiger partial charge in [0, 0.05) is 6.54 Å². The van der Waals surface area contributed by atoms with Crippen molar-refractivity contribution in [2.75, 3.05) is 13.2 Å². The minimum Gasteiger partial charge on any atom is -0.491 e. The number of carbonyl (C=O) groups excluding carboxylic acids is 1. The number of hydrogen-bond acceptors (Lipinski definition) is 3. The van der Waals surface area contributed by atoms with Crippen LogP contribution in [0.25, 0.3) is 0 Å². The van der Waals surface area contributed by atoms with Crippen LogP contribution in [-0.2, 0) is 0 Å². The van der Waals surface area contributed by atoms with Crippen LogP contribution >= 0.6 is 11.6 Å². The molecule has 1 rings (SSSR count). The Bertz CT molecular complexity index is 344. The Morgan fingerprint density at radius 1 is 1.57 bits per heavy atom. The van der Waals surface area contributed by atoms with E-state index in [0.29, 0.717) is 12.8 Å². The first-order valence-electron chi connectivity index (χ1n) is 3.96. The van der Waals surface area contributed by atoms with Crippen LogP contribution in [-0.4, -0.2) is 19.4 Å². The summed E-state index contributed by atoms with van der Waals surface area (Å²) in [4.78, 5) is 10.6. The van der Waals surface area contributed by atoms with E-state index < -0.39 is 5.82 Å². The molecule has 0 amide bonds. The van der Waals surface area contributed by atoms with Crippen LogP contribution in [0, 0.1) is 5.82 Å². The summed E-state index contributed by atoms with van der Waals surface area (Å²) in [7, 11) is 0. The fraction of sp³-hybridized carbons (Fsp3) is 0.222. The molecule has 2 N–H and O–H groups in total. The van der Waals surface area contributed by atoms with Crippen LogP contribution in [0.3, 0.4) is 0 Å². The van der Waals surface area contributed by atoms with E-state index in [-0.39, 0.29) is 22.9 Å². The second-order valence-electron chi connectivity index (χ2n) is 2.53. The summed E-state index contributed by atoms with van der Waals surface area (Å²) in [6.45, 7) is 0.566. The Morgan fingerprint density at radius 2 is 2.29 bits per heavy atom. The highest BCUT2D eigenvalue weighted by Gasteiger charge is 2.11. The molecule has 76 valence electrons.